The second kappa shape index (κ2) is 11.0. The number of carbonyl (C=O) groups excluding carboxylic acids is 1. The zero-order valence-electron chi connectivity index (χ0n) is 24.7. The lowest BCUT2D eigenvalue weighted by atomic mass is 9.64. The molecule has 0 spiro atoms. The van der Waals surface area contributed by atoms with Crippen molar-refractivity contribution in [2.24, 2.45) is 0 Å². The molecule has 0 aliphatic heterocycles. The summed E-state index contributed by atoms with van der Waals surface area (Å²) in [7, 11) is 0. The zero-order chi connectivity index (χ0) is 29.4. The van der Waals surface area contributed by atoms with E-state index in [0.29, 0.717) is 0 Å². The Morgan fingerprint density at radius 1 is 0.442 bits per heavy atom. The highest BCUT2D eigenvalue weighted by Gasteiger charge is 2.39. The summed E-state index contributed by atoms with van der Waals surface area (Å²) in [4.78, 5) is 14.3. The molecule has 0 saturated carbocycles. The van der Waals surface area contributed by atoms with Gasteiger partial charge in [-0.25, -0.2) is 0 Å². The average Bonchev–Trinajstić information content (AvgIpc) is 3.08. The van der Waals surface area contributed by atoms with E-state index in [1.54, 1.807) is 0 Å². The van der Waals surface area contributed by atoms with Gasteiger partial charge in [-0.3, -0.25) is 4.79 Å². The molecule has 208 valence electrons. The van der Waals surface area contributed by atoms with Crippen molar-refractivity contribution in [3.05, 3.63) is 168 Å². The van der Waals surface area contributed by atoms with Crippen LogP contribution in [0.25, 0.3) is 44.5 Å². The quantitative estimate of drug-likeness (QED) is 0.200. The Hall–Kier alpha value is -5.01. The molecular formula is C42H34O. The maximum Gasteiger partial charge on any atom is 0.193 e. The summed E-state index contributed by atoms with van der Waals surface area (Å²) in [5, 5.41) is 0. The summed E-state index contributed by atoms with van der Waals surface area (Å²) in [6.07, 6.45) is 2.01. The molecule has 0 radical (unpaired) electrons. The van der Waals surface area contributed by atoms with Crippen molar-refractivity contribution >= 4 is 5.78 Å². The Balaban J connectivity index is 1.32. The van der Waals surface area contributed by atoms with E-state index in [0.717, 1.165) is 57.3 Å². The van der Waals surface area contributed by atoms with Gasteiger partial charge in [-0.1, -0.05) is 142 Å². The van der Waals surface area contributed by atoms with E-state index in [9.17, 15) is 4.79 Å². The highest BCUT2D eigenvalue weighted by molar-refractivity contribution is 6.14. The number of fused-ring (bicyclic) bond motifs is 2. The minimum atomic E-state index is -0.234. The third kappa shape index (κ3) is 4.81. The maximum absolute atomic E-state index is 14.3. The summed E-state index contributed by atoms with van der Waals surface area (Å²) in [5.74, 6) is 0.112. The van der Waals surface area contributed by atoms with Crippen molar-refractivity contribution in [3.8, 4) is 44.5 Å². The number of hydrogen-bond donors (Lipinski definition) is 0. The third-order valence-electron chi connectivity index (χ3n) is 9.07. The molecule has 6 aromatic rings. The lowest BCUT2D eigenvalue weighted by Crippen LogP contribution is -2.33. The fraction of sp³-hybridized carbons (Fsp3) is 0.119. The zero-order valence-corrected chi connectivity index (χ0v) is 24.7. The molecule has 1 aliphatic rings. The third-order valence-corrected chi connectivity index (χ3v) is 9.07. The van der Waals surface area contributed by atoms with Gasteiger partial charge in [0.25, 0.3) is 0 Å². The van der Waals surface area contributed by atoms with Crippen LogP contribution in [0.15, 0.2) is 146 Å². The van der Waals surface area contributed by atoms with E-state index in [1.165, 1.54) is 22.3 Å². The molecule has 0 saturated heterocycles. The van der Waals surface area contributed by atoms with Crippen molar-refractivity contribution < 1.29 is 4.79 Å². The minimum Gasteiger partial charge on any atom is -0.289 e. The summed E-state index contributed by atoms with van der Waals surface area (Å²) in [6, 6.07) is 51.1. The van der Waals surface area contributed by atoms with Crippen LogP contribution < -0.4 is 0 Å². The van der Waals surface area contributed by atoms with Crippen molar-refractivity contribution in [3.63, 3.8) is 0 Å². The smallest absolute Gasteiger partial charge is 0.193 e. The first-order valence-corrected chi connectivity index (χ1v) is 15.2. The monoisotopic (exact) mass is 554 g/mol. The van der Waals surface area contributed by atoms with Gasteiger partial charge in [0.05, 0.1) is 0 Å². The predicted octanol–water partition coefficient (Wildman–Crippen LogP) is 11.0. The Morgan fingerprint density at radius 2 is 0.814 bits per heavy atom. The van der Waals surface area contributed by atoms with Crippen molar-refractivity contribution in [2.45, 2.75) is 32.1 Å². The van der Waals surface area contributed by atoms with Crippen LogP contribution in [0.3, 0.4) is 0 Å². The maximum atomic E-state index is 14.3. The topological polar surface area (TPSA) is 17.1 Å². The highest BCUT2D eigenvalue weighted by atomic mass is 16.1. The first kappa shape index (κ1) is 26.9. The number of benzene rings is 6. The van der Waals surface area contributed by atoms with Crippen LogP contribution in [0.2, 0.25) is 0 Å². The van der Waals surface area contributed by atoms with Crippen LogP contribution in [0.4, 0.5) is 0 Å². The molecule has 7 rings (SSSR count). The van der Waals surface area contributed by atoms with Crippen LogP contribution in [0.1, 0.15) is 53.7 Å². The Kier molecular flexibility index (Phi) is 6.87. The van der Waals surface area contributed by atoms with Crippen LogP contribution in [0, 0.1) is 0 Å². The molecule has 0 aromatic heterocycles. The molecule has 0 bridgehead atoms. The molecule has 43 heavy (non-hydrogen) atoms. The fourth-order valence-corrected chi connectivity index (χ4v) is 6.86. The number of rotatable bonds is 6. The number of ketones is 1. The molecule has 0 atom stereocenters. The lowest BCUT2D eigenvalue weighted by Gasteiger charge is -2.38. The van der Waals surface area contributed by atoms with E-state index in [4.69, 9.17) is 0 Å². The van der Waals surface area contributed by atoms with Gasteiger partial charge in [0, 0.05) is 16.5 Å². The van der Waals surface area contributed by atoms with Crippen LogP contribution in [0.5, 0.6) is 0 Å². The molecule has 0 N–H and O–H groups in total. The summed E-state index contributed by atoms with van der Waals surface area (Å²) < 4.78 is 0. The second-order valence-electron chi connectivity index (χ2n) is 11.8. The number of hydrogen-bond acceptors (Lipinski definition) is 1. The molecule has 1 nitrogen and oxygen atoms in total. The van der Waals surface area contributed by atoms with Crippen LogP contribution in [-0.4, -0.2) is 5.78 Å². The van der Waals surface area contributed by atoms with E-state index < -0.39 is 0 Å². The normalized spacial score (nSPS) is 13.3. The summed E-state index contributed by atoms with van der Waals surface area (Å²) in [6.45, 7) is 4.54. The first-order chi connectivity index (χ1) is 21.0. The van der Waals surface area contributed by atoms with Crippen molar-refractivity contribution in [1.82, 2.24) is 0 Å². The molecule has 0 amide bonds. The van der Waals surface area contributed by atoms with Gasteiger partial charge in [0.15, 0.2) is 5.78 Å². The van der Waals surface area contributed by atoms with Crippen LogP contribution in [-0.2, 0) is 5.41 Å². The van der Waals surface area contributed by atoms with Crippen LogP contribution >= 0.6 is 0 Å². The predicted molar refractivity (Wildman–Crippen MR) is 179 cm³/mol. The second-order valence-corrected chi connectivity index (χ2v) is 11.8. The van der Waals surface area contributed by atoms with Gasteiger partial charge in [0.2, 0.25) is 0 Å². The summed E-state index contributed by atoms with van der Waals surface area (Å²) >= 11 is 0. The number of carbonyl (C=O) groups is 1. The molecule has 6 aromatic carbocycles. The first-order valence-electron chi connectivity index (χ1n) is 15.2. The molecule has 0 heterocycles. The minimum absolute atomic E-state index is 0.112. The van der Waals surface area contributed by atoms with E-state index >= 15 is 0 Å². The molecule has 0 fully saturated rings. The Morgan fingerprint density at radius 3 is 1.23 bits per heavy atom. The molecular weight excluding hydrogens is 520 g/mol. The Bertz CT molecular complexity index is 1810. The summed E-state index contributed by atoms with van der Waals surface area (Å²) in [5.41, 5.74) is 12.8. The SMILES string of the molecule is CCCC1(C)c2ccc(-c3cccc(-c4ccccc4)c3)cc2C(=O)c2cc(-c3cccc(-c4ccccc4)c3)ccc21. The van der Waals surface area contributed by atoms with E-state index in [1.807, 2.05) is 12.1 Å². The van der Waals surface area contributed by atoms with Gasteiger partial charge in [-0.05, 0) is 86.3 Å². The van der Waals surface area contributed by atoms with Crippen molar-refractivity contribution in [1.29, 1.82) is 0 Å². The molecule has 1 aliphatic carbocycles. The highest BCUT2D eigenvalue weighted by Crippen LogP contribution is 2.46. The Labute approximate surface area is 254 Å². The van der Waals surface area contributed by atoms with Crippen molar-refractivity contribution in [2.75, 3.05) is 0 Å². The van der Waals surface area contributed by atoms with E-state index in [2.05, 4.69) is 147 Å². The van der Waals surface area contributed by atoms with Gasteiger partial charge < -0.3 is 0 Å². The van der Waals surface area contributed by atoms with Gasteiger partial charge in [-0.2, -0.15) is 0 Å². The van der Waals surface area contributed by atoms with Gasteiger partial charge in [-0.15, -0.1) is 0 Å². The molecule has 1 heteroatoms. The van der Waals surface area contributed by atoms with E-state index in [-0.39, 0.29) is 11.2 Å². The standard InChI is InChI=1S/C42H34O/c1-3-24-42(2)39-22-20-35(33-18-10-16-31(25-33)29-12-6-4-7-13-29)27-37(39)41(43)38-28-36(21-23-40(38)42)34-19-11-17-32(26-34)30-14-8-5-9-15-30/h4-23,25-28H,3,24H2,1-2H3. The van der Waals surface area contributed by atoms with Gasteiger partial charge >= 0.3 is 0 Å². The molecule has 0 unspecified atom stereocenters. The largest absolute Gasteiger partial charge is 0.289 e. The van der Waals surface area contributed by atoms with Gasteiger partial charge in [0.1, 0.15) is 0 Å². The average molecular weight is 555 g/mol. The fourth-order valence-electron chi connectivity index (χ4n) is 6.86. The lowest BCUT2D eigenvalue weighted by molar-refractivity contribution is 0.103.